The van der Waals surface area contributed by atoms with E-state index in [1.165, 1.54) is 0 Å². The highest BCUT2D eigenvalue weighted by Gasteiger charge is 2.33. The molecule has 5 heterocycles. The van der Waals surface area contributed by atoms with Gasteiger partial charge in [-0.15, -0.1) is 21.5 Å². The van der Waals surface area contributed by atoms with E-state index >= 15 is 0 Å². The van der Waals surface area contributed by atoms with Crippen molar-refractivity contribution in [2.45, 2.75) is 38.0 Å². The van der Waals surface area contributed by atoms with E-state index in [4.69, 9.17) is 26.1 Å². The van der Waals surface area contributed by atoms with Crippen molar-refractivity contribution in [2.24, 2.45) is 4.99 Å². The van der Waals surface area contributed by atoms with Crippen LogP contribution in [0.5, 0.6) is 0 Å². The number of hydrogen-bond donors (Lipinski definition) is 2. The van der Waals surface area contributed by atoms with Crippen LogP contribution in [0.2, 0.25) is 5.02 Å². The van der Waals surface area contributed by atoms with Crippen LogP contribution in [0.25, 0.3) is 5.00 Å². The van der Waals surface area contributed by atoms with E-state index in [1.807, 2.05) is 31.2 Å². The number of nitrogens with zero attached hydrogens (tertiary/aromatic N) is 4. The highest BCUT2D eigenvalue weighted by molar-refractivity contribution is 7.15. The zero-order valence-corrected chi connectivity index (χ0v) is 22.1. The molecule has 2 saturated heterocycles. The van der Waals surface area contributed by atoms with Gasteiger partial charge in [-0.25, -0.2) is 0 Å². The molecule has 0 radical (unpaired) electrons. The Bertz CT molecular complexity index is 1330. The summed E-state index contributed by atoms with van der Waals surface area (Å²) < 4.78 is 13.8. The van der Waals surface area contributed by atoms with Gasteiger partial charge in [0.25, 0.3) is 0 Å². The SMILES string of the molecule is Cc1nnc2n1-c1sc(CC(=O)C3CNCCO3)cc1C(c1ccccc1Cl)=NC2CC1CNCCO1. The summed E-state index contributed by atoms with van der Waals surface area (Å²) in [4.78, 5) is 19.2. The second-order valence-corrected chi connectivity index (χ2v) is 11.0. The minimum absolute atomic E-state index is 0.0221. The standard InChI is InChI=1S/C26H29ClN6O3S/c1-15-31-32-25-21(10-16-13-28-6-8-35-16)30-24(18-4-2-3-5-20(18)27)19-11-17(37-26(19)33(15)25)12-22(34)23-14-29-7-9-36-23/h2-5,11,16,21,23,28-29H,6-10,12-14H2,1H3. The molecule has 37 heavy (non-hydrogen) atoms. The lowest BCUT2D eigenvalue weighted by atomic mass is 10.0. The molecule has 9 nitrogen and oxygen atoms in total. The molecule has 2 aromatic heterocycles. The minimum Gasteiger partial charge on any atom is -0.375 e. The summed E-state index contributed by atoms with van der Waals surface area (Å²) in [6, 6.07) is 9.56. The average molecular weight is 541 g/mol. The molecule has 2 N–H and O–H groups in total. The molecule has 0 amide bonds. The third-order valence-electron chi connectivity index (χ3n) is 6.91. The topological polar surface area (TPSA) is 103 Å². The minimum atomic E-state index is -0.423. The molecule has 3 aliphatic rings. The molecular weight excluding hydrogens is 512 g/mol. The molecule has 1 aromatic carbocycles. The first-order chi connectivity index (χ1) is 18.1. The van der Waals surface area contributed by atoms with Crippen LogP contribution in [0.15, 0.2) is 35.3 Å². The number of thiophene rings is 1. The maximum atomic E-state index is 13.0. The summed E-state index contributed by atoms with van der Waals surface area (Å²) in [6.07, 6.45) is 0.564. The van der Waals surface area contributed by atoms with Gasteiger partial charge in [0.15, 0.2) is 11.6 Å². The fraction of sp³-hybridized carbons (Fsp3) is 0.462. The molecule has 3 unspecified atom stereocenters. The van der Waals surface area contributed by atoms with Crippen molar-refractivity contribution in [3.63, 3.8) is 0 Å². The molecular formula is C26H29ClN6O3S. The van der Waals surface area contributed by atoms with Gasteiger partial charge in [0.1, 0.15) is 23.0 Å². The number of aliphatic imine (C=N–C) groups is 1. The van der Waals surface area contributed by atoms with Crippen LogP contribution in [0.4, 0.5) is 0 Å². The van der Waals surface area contributed by atoms with E-state index in [9.17, 15) is 4.79 Å². The van der Waals surface area contributed by atoms with Crippen molar-refractivity contribution in [3.8, 4) is 5.00 Å². The van der Waals surface area contributed by atoms with Gasteiger partial charge < -0.3 is 20.1 Å². The number of halogens is 1. The van der Waals surface area contributed by atoms with Crippen molar-refractivity contribution in [1.82, 2.24) is 25.4 Å². The van der Waals surface area contributed by atoms with Gasteiger partial charge in [0.05, 0.1) is 25.0 Å². The maximum absolute atomic E-state index is 13.0. The lowest BCUT2D eigenvalue weighted by molar-refractivity contribution is -0.131. The molecule has 3 atom stereocenters. The largest absolute Gasteiger partial charge is 0.375 e. The van der Waals surface area contributed by atoms with E-state index in [2.05, 4.69) is 31.5 Å². The zero-order valence-electron chi connectivity index (χ0n) is 20.6. The van der Waals surface area contributed by atoms with Crippen LogP contribution < -0.4 is 10.6 Å². The molecule has 194 valence electrons. The maximum Gasteiger partial charge on any atom is 0.168 e. The van der Waals surface area contributed by atoms with Crippen LogP contribution in [-0.4, -0.2) is 77.9 Å². The summed E-state index contributed by atoms with van der Waals surface area (Å²) in [5.41, 5.74) is 2.58. The van der Waals surface area contributed by atoms with Gasteiger partial charge in [-0.05, 0) is 19.1 Å². The molecule has 3 aromatic rings. The molecule has 0 spiro atoms. The Hall–Kier alpha value is -2.47. The third-order valence-corrected chi connectivity index (χ3v) is 8.36. The molecule has 2 fully saturated rings. The Morgan fingerprint density at radius 3 is 2.70 bits per heavy atom. The Labute approximate surface area is 224 Å². The quantitative estimate of drug-likeness (QED) is 0.495. The Kier molecular flexibility index (Phi) is 7.20. The van der Waals surface area contributed by atoms with Crippen LogP contribution in [0.1, 0.15) is 40.1 Å². The van der Waals surface area contributed by atoms with Crippen LogP contribution >= 0.6 is 22.9 Å². The lowest BCUT2D eigenvalue weighted by Gasteiger charge is -2.25. The number of aromatic nitrogens is 3. The number of hydrogen-bond acceptors (Lipinski definition) is 9. The fourth-order valence-electron chi connectivity index (χ4n) is 5.09. The predicted octanol–water partition coefficient (Wildman–Crippen LogP) is 2.66. The van der Waals surface area contributed by atoms with E-state index in [0.29, 0.717) is 37.6 Å². The highest BCUT2D eigenvalue weighted by Crippen LogP contribution is 2.39. The number of fused-ring (bicyclic) bond motifs is 3. The first-order valence-electron chi connectivity index (χ1n) is 12.6. The second kappa shape index (κ2) is 10.7. The fourth-order valence-corrected chi connectivity index (χ4v) is 6.53. The summed E-state index contributed by atoms with van der Waals surface area (Å²) >= 11 is 8.28. The highest BCUT2D eigenvalue weighted by atomic mass is 35.5. The number of aryl methyl sites for hydroxylation is 1. The number of rotatable bonds is 6. The van der Waals surface area contributed by atoms with Gasteiger partial charge >= 0.3 is 0 Å². The van der Waals surface area contributed by atoms with Gasteiger partial charge in [-0.1, -0.05) is 29.8 Å². The summed E-state index contributed by atoms with van der Waals surface area (Å²) in [7, 11) is 0. The number of nitrogens with one attached hydrogen (secondary N) is 2. The van der Waals surface area contributed by atoms with Crippen molar-refractivity contribution in [3.05, 3.63) is 63.0 Å². The number of morpholine rings is 2. The van der Waals surface area contributed by atoms with E-state index < -0.39 is 6.10 Å². The molecule has 3 aliphatic heterocycles. The summed E-state index contributed by atoms with van der Waals surface area (Å²) in [5.74, 6) is 1.62. The summed E-state index contributed by atoms with van der Waals surface area (Å²) in [6.45, 7) is 6.11. The number of benzene rings is 1. The van der Waals surface area contributed by atoms with Gasteiger partial charge in [0.2, 0.25) is 0 Å². The van der Waals surface area contributed by atoms with Gasteiger partial charge in [-0.2, -0.15) is 0 Å². The van der Waals surface area contributed by atoms with E-state index in [-0.39, 0.29) is 17.9 Å². The number of ketones is 1. The van der Waals surface area contributed by atoms with Crippen LogP contribution in [-0.2, 0) is 20.7 Å². The first kappa shape index (κ1) is 24.8. The number of carbonyl (C=O) groups excluding carboxylic acids is 1. The Morgan fingerprint density at radius 1 is 1.14 bits per heavy atom. The van der Waals surface area contributed by atoms with Crippen molar-refractivity contribution < 1.29 is 14.3 Å². The third kappa shape index (κ3) is 5.01. The second-order valence-electron chi connectivity index (χ2n) is 9.48. The van der Waals surface area contributed by atoms with Crippen molar-refractivity contribution in [2.75, 3.05) is 39.4 Å². The smallest absolute Gasteiger partial charge is 0.168 e. The number of ether oxygens (including phenoxy) is 2. The lowest BCUT2D eigenvalue weighted by Crippen LogP contribution is -2.43. The summed E-state index contributed by atoms with van der Waals surface area (Å²) in [5, 5.41) is 17.2. The molecule has 6 rings (SSSR count). The number of Topliss-reactive ketones (excluding diaryl/α,β-unsaturated/α-hetero) is 1. The Balaban J connectivity index is 1.43. The molecule has 0 saturated carbocycles. The normalized spacial score (nSPS) is 23.6. The van der Waals surface area contributed by atoms with Crippen LogP contribution in [0.3, 0.4) is 0 Å². The van der Waals surface area contributed by atoms with Gasteiger partial charge in [0, 0.05) is 60.0 Å². The monoisotopic (exact) mass is 540 g/mol. The van der Waals surface area contributed by atoms with E-state index in [0.717, 1.165) is 58.0 Å². The number of carbonyl (C=O) groups is 1. The van der Waals surface area contributed by atoms with Crippen molar-refractivity contribution in [1.29, 1.82) is 0 Å². The zero-order chi connectivity index (χ0) is 25.4. The predicted molar refractivity (Wildman–Crippen MR) is 142 cm³/mol. The average Bonchev–Trinajstić information content (AvgIpc) is 3.48. The Morgan fingerprint density at radius 2 is 1.95 bits per heavy atom. The van der Waals surface area contributed by atoms with E-state index in [1.54, 1.807) is 11.3 Å². The molecule has 0 bridgehead atoms. The molecule has 11 heteroatoms. The van der Waals surface area contributed by atoms with Gasteiger partial charge in [-0.3, -0.25) is 14.4 Å². The first-order valence-corrected chi connectivity index (χ1v) is 13.8. The van der Waals surface area contributed by atoms with Crippen LogP contribution in [0, 0.1) is 6.92 Å². The molecule has 0 aliphatic carbocycles. The van der Waals surface area contributed by atoms with Crippen molar-refractivity contribution >= 4 is 34.4 Å².